The summed E-state index contributed by atoms with van der Waals surface area (Å²) in [6, 6.07) is 3.73. The van der Waals surface area contributed by atoms with Gasteiger partial charge >= 0.3 is 0 Å². The Morgan fingerprint density at radius 3 is 2.96 bits per heavy atom. The fourth-order valence-corrected chi connectivity index (χ4v) is 3.01. The lowest BCUT2D eigenvalue weighted by molar-refractivity contribution is 0.236. The van der Waals surface area contributed by atoms with Gasteiger partial charge < -0.3 is 9.97 Å². The van der Waals surface area contributed by atoms with Crippen LogP contribution < -0.4 is 5.56 Å². The van der Waals surface area contributed by atoms with E-state index in [1.165, 1.54) is 0 Å². The predicted molar refractivity (Wildman–Crippen MR) is 89.2 cm³/mol. The maximum atomic E-state index is 12.5. The topological polar surface area (TPSA) is 90.6 Å². The van der Waals surface area contributed by atoms with Gasteiger partial charge in [-0.05, 0) is 19.1 Å². The average Bonchev–Trinajstić information content (AvgIpc) is 3.01. The van der Waals surface area contributed by atoms with Crippen LogP contribution in [0.15, 0.2) is 35.5 Å². The molecule has 0 aliphatic carbocycles. The van der Waals surface area contributed by atoms with Crippen LogP contribution >= 0.6 is 0 Å². The predicted octanol–water partition coefficient (Wildman–Crippen LogP) is 1.42. The minimum absolute atomic E-state index is 0.0702. The van der Waals surface area contributed by atoms with Gasteiger partial charge in [0, 0.05) is 49.4 Å². The quantitative estimate of drug-likeness (QED) is 0.761. The minimum atomic E-state index is -0.0702. The molecule has 3 aromatic heterocycles. The highest BCUT2D eigenvalue weighted by atomic mass is 16.1. The number of hydrogen-bond donors (Lipinski definition) is 2. The van der Waals surface area contributed by atoms with Crippen LogP contribution in [0, 0.1) is 6.92 Å². The first-order valence-corrected chi connectivity index (χ1v) is 7.94. The van der Waals surface area contributed by atoms with E-state index in [4.69, 9.17) is 0 Å². The number of nitrogens with one attached hydrogen (secondary N) is 2. The third-order valence-electron chi connectivity index (χ3n) is 4.21. The van der Waals surface area contributed by atoms with Gasteiger partial charge in [0.1, 0.15) is 11.6 Å². The van der Waals surface area contributed by atoms with E-state index in [9.17, 15) is 4.79 Å². The van der Waals surface area contributed by atoms with Gasteiger partial charge in [-0.1, -0.05) is 0 Å². The van der Waals surface area contributed by atoms with Crippen molar-refractivity contribution in [3.63, 3.8) is 0 Å². The summed E-state index contributed by atoms with van der Waals surface area (Å²) >= 11 is 0. The Hall–Kier alpha value is -2.80. The highest BCUT2D eigenvalue weighted by Crippen LogP contribution is 2.18. The van der Waals surface area contributed by atoms with Gasteiger partial charge in [0.25, 0.3) is 5.56 Å². The highest BCUT2D eigenvalue weighted by Gasteiger charge is 2.22. The lowest BCUT2D eigenvalue weighted by atomic mass is 10.1. The zero-order valence-corrected chi connectivity index (χ0v) is 13.4. The summed E-state index contributed by atoms with van der Waals surface area (Å²) in [6.45, 7) is 4.13. The zero-order valence-electron chi connectivity index (χ0n) is 13.4. The van der Waals surface area contributed by atoms with Crippen LogP contribution in [0.2, 0.25) is 0 Å². The molecule has 0 fully saturated rings. The van der Waals surface area contributed by atoms with Gasteiger partial charge in [0.15, 0.2) is 0 Å². The number of aromatic amines is 2. The molecule has 0 bridgehead atoms. The SMILES string of the molecule is Cc1cnc(CN2CCc3nc(-c4cccnc4)[nH]c(=O)c3C2)[nH]1. The smallest absolute Gasteiger partial charge is 0.255 e. The monoisotopic (exact) mass is 322 g/mol. The van der Waals surface area contributed by atoms with E-state index in [1.54, 1.807) is 12.4 Å². The Morgan fingerprint density at radius 2 is 2.21 bits per heavy atom. The van der Waals surface area contributed by atoms with Crippen molar-refractivity contribution in [1.82, 2.24) is 29.8 Å². The molecular weight excluding hydrogens is 304 g/mol. The Balaban J connectivity index is 1.59. The lowest BCUT2D eigenvalue weighted by Crippen LogP contribution is -2.35. The molecule has 4 heterocycles. The van der Waals surface area contributed by atoms with Gasteiger partial charge in [-0.15, -0.1) is 0 Å². The molecule has 0 unspecified atom stereocenters. The highest BCUT2D eigenvalue weighted by molar-refractivity contribution is 5.53. The number of nitrogens with zero attached hydrogens (tertiary/aromatic N) is 4. The van der Waals surface area contributed by atoms with Crippen LogP contribution in [0.25, 0.3) is 11.4 Å². The Kier molecular flexibility index (Phi) is 3.70. The first-order chi connectivity index (χ1) is 11.7. The van der Waals surface area contributed by atoms with Crippen molar-refractivity contribution in [2.45, 2.75) is 26.4 Å². The molecule has 0 aromatic carbocycles. The van der Waals surface area contributed by atoms with Crippen molar-refractivity contribution >= 4 is 0 Å². The second-order valence-corrected chi connectivity index (χ2v) is 6.06. The van der Waals surface area contributed by atoms with E-state index in [0.717, 1.165) is 41.3 Å². The third kappa shape index (κ3) is 2.85. The average molecular weight is 322 g/mol. The molecule has 1 aliphatic rings. The second kappa shape index (κ2) is 6.01. The Labute approximate surface area is 138 Å². The molecule has 7 heteroatoms. The van der Waals surface area contributed by atoms with Crippen LogP contribution in [0.5, 0.6) is 0 Å². The first kappa shape index (κ1) is 14.8. The number of imidazole rings is 1. The molecule has 7 nitrogen and oxygen atoms in total. The number of hydrogen-bond acceptors (Lipinski definition) is 5. The summed E-state index contributed by atoms with van der Waals surface area (Å²) in [7, 11) is 0. The summed E-state index contributed by atoms with van der Waals surface area (Å²) in [5.41, 5.74) is 3.43. The van der Waals surface area contributed by atoms with E-state index in [1.807, 2.05) is 25.3 Å². The molecule has 0 radical (unpaired) electrons. The molecule has 0 amide bonds. The van der Waals surface area contributed by atoms with Gasteiger partial charge in [0.05, 0.1) is 17.8 Å². The normalized spacial score (nSPS) is 14.5. The summed E-state index contributed by atoms with van der Waals surface area (Å²) < 4.78 is 0. The van der Waals surface area contributed by atoms with Crippen molar-refractivity contribution in [3.8, 4) is 11.4 Å². The van der Waals surface area contributed by atoms with Crippen LogP contribution in [0.3, 0.4) is 0 Å². The number of H-pyrrole nitrogens is 2. The number of rotatable bonds is 3. The van der Waals surface area contributed by atoms with E-state index < -0.39 is 0 Å². The fourth-order valence-electron chi connectivity index (χ4n) is 3.01. The molecule has 1 aliphatic heterocycles. The number of aryl methyl sites for hydroxylation is 1. The van der Waals surface area contributed by atoms with Gasteiger partial charge in [-0.3, -0.25) is 14.7 Å². The van der Waals surface area contributed by atoms with Crippen LogP contribution in [0.1, 0.15) is 22.8 Å². The van der Waals surface area contributed by atoms with Crippen molar-refractivity contribution in [3.05, 3.63) is 63.9 Å². The molecule has 0 saturated heterocycles. The number of aromatic nitrogens is 5. The molecule has 122 valence electrons. The van der Waals surface area contributed by atoms with Crippen LogP contribution in [-0.2, 0) is 19.5 Å². The van der Waals surface area contributed by atoms with E-state index >= 15 is 0 Å². The lowest BCUT2D eigenvalue weighted by Gasteiger charge is -2.26. The maximum Gasteiger partial charge on any atom is 0.255 e. The molecule has 3 aromatic rings. The number of fused-ring (bicyclic) bond motifs is 1. The summed E-state index contributed by atoms with van der Waals surface area (Å²) in [5.74, 6) is 1.51. The molecule has 24 heavy (non-hydrogen) atoms. The maximum absolute atomic E-state index is 12.5. The first-order valence-electron chi connectivity index (χ1n) is 7.94. The molecule has 4 rings (SSSR count). The zero-order chi connectivity index (χ0) is 16.5. The van der Waals surface area contributed by atoms with Gasteiger partial charge in [0.2, 0.25) is 0 Å². The summed E-state index contributed by atoms with van der Waals surface area (Å²) in [6.07, 6.45) is 5.99. The number of pyridine rings is 1. The van der Waals surface area contributed by atoms with Crippen molar-refractivity contribution in [2.24, 2.45) is 0 Å². The third-order valence-corrected chi connectivity index (χ3v) is 4.21. The van der Waals surface area contributed by atoms with Gasteiger partial charge in [-0.2, -0.15) is 0 Å². The van der Waals surface area contributed by atoms with Crippen molar-refractivity contribution in [2.75, 3.05) is 6.54 Å². The summed E-state index contributed by atoms with van der Waals surface area (Å²) in [4.78, 5) is 33.9. The molecule has 0 saturated carbocycles. The molecule has 2 N–H and O–H groups in total. The fraction of sp³-hybridized carbons (Fsp3) is 0.294. The van der Waals surface area contributed by atoms with E-state index in [-0.39, 0.29) is 5.56 Å². The standard InChI is InChI=1S/C17H18N6O/c1-11-7-19-15(20-11)10-23-6-4-14-13(9-23)17(24)22-16(21-14)12-3-2-5-18-8-12/h2-3,5,7-8H,4,6,9-10H2,1H3,(H,19,20)(H,21,22,24). The molecular formula is C17H18N6O. The minimum Gasteiger partial charge on any atom is -0.345 e. The van der Waals surface area contributed by atoms with Crippen LogP contribution in [0.4, 0.5) is 0 Å². The van der Waals surface area contributed by atoms with Crippen molar-refractivity contribution in [1.29, 1.82) is 0 Å². The summed E-state index contributed by atoms with van der Waals surface area (Å²) in [5, 5.41) is 0. The van der Waals surface area contributed by atoms with Crippen LogP contribution in [-0.4, -0.2) is 36.4 Å². The molecule has 0 atom stereocenters. The van der Waals surface area contributed by atoms with Crippen molar-refractivity contribution < 1.29 is 0 Å². The largest absolute Gasteiger partial charge is 0.345 e. The van der Waals surface area contributed by atoms with E-state index in [2.05, 4.69) is 29.8 Å². The molecule has 0 spiro atoms. The second-order valence-electron chi connectivity index (χ2n) is 6.06. The van der Waals surface area contributed by atoms with E-state index in [0.29, 0.717) is 18.9 Å². The van der Waals surface area contributed by atoms with Gasteiger partial charge in [-0.25, -0.2) is 9.97 Å². The Bertz CT molecular complexity index is 914. The Morgan fingerprint density at radius 1 is 1.29 bits per heavy atom.